The minimum absolute atomic E-state index is 0.400. The molecule has 0 amide bonds. The van der Waals surface area contributed by atoms with Crippen LogP contribution in [0.15, 0.2) is 16.6 Å². The molecule has 17 heavy (non-hydrogen) atoms. The molecule has 0 unspecified atom stereocenters. The minimum Gasteiger partial charge on any atom is -0.370 e. The van der Waals surface area contributed by atoms with Crippen LogP contribution in [0.1, 0.15) is 26.3 Å². The molecule has 0 saturated carbocycles. The summed E-state index contributed by atoms with van der Waals surface area (Å²) in [6.07, 6.45) is 0. The van der Waals surface area contributed by atoms with Gasteiger partial charge in [0.2, 0.25) is 0 Å². The van der Waals surface area contributed by atoms with E-state index in [2.05, 4.69) is 53.7 Å². The number of aryl methyl sites for hydroxylation is 1. The topological polar surface area (TPSA) is 3.24 Å². The number of hydrogen-bond donors (Lipinski definition) is 0. The van der Waals surface area contributed by atoms with Crippen LogP contribution >= 0.6 is 27.5 Å². The van der Waals surface area contributed by atoms with Gasteiger partial charge in [0.1, 0.15) is 0 Å². The average molecular weight is 317 g/mol. The van der Waals surface area contributed by atoms with E-state index in [1.807, 2.05) is 6.92 Å². The molecule has 94 valence electrons. The van der Waals surface area contributed by atoms with Gasteiger partial charge in [0.25, 0.3) is 0 Å². The van der Waals surface area contributed by atoms with E-state index in [9.17, 15) is 0 Å². The summed E-state index contributed by atoms with van der Waals surface area (Å²) in [6, 6.07) is 4.17. The molecule has 1 aromatic rings. The van der Waals surface area contributed by atoms with Gasteiger partial charge in [0.15, 0.2) is 0 Å². The maximum absolute atomic E-state index is 6.19. The molecule has 1 aliphatic heterocycles. The summed E-state index contributed by atoms with van der Waals surface area (Å²) < 4.78 is 1.15. The summed E-state index contributed by atoms with van der Waals surface area (Å²) in [5.74, 6) is 0.773. The van der Waals surface area contributed by atoms with Crippen molar-refractivity contribution >= 4 is 33.2 Å². The van der Waals surface area contributed by atoms with Crippen molar-refractivity contribution < 1.29 is 0 Å². The number of halogens is 2. The SMILES string of the molecule is Cc1cc(Br)c(N2CC(C(C)(C)C)C2)cc1Cl. The van der Waals surface area contributed by atoms with Crippen LogP contribution in [0.4, 0.5) is 5.69 Å². The Morgan fingerprint density at radius 3 is 2.41 bits per heavy atom. The van der Waals surface area contributed by atoms with Crippen molar-refractivity contribution in [3.63, 3.8) is 0 Å². The van der Waals surface area contributed by atoms with Crippen molar-refractivity contribution in [1.82, 2.24) is 0 Å². The molecule has 2 rings (SSSR count). The van der Waals surface area contributed by atoms with Crippen LogP contribution in [0.25, 0.3) is 0 Å². The fourth-order valence-electron chi connectivity index (χ4n) is 2.10. The van der Waals surface area contributed by atoms with E-state index in [0.717, 1.165) is 34.1 Å². The lowest BCUT2D eigenvalue weighted by Gasteiger charge is -2.48. The molecular formula is C14H19BrClN. The van der Waals surface area contributed by atoms with Crippen LogP contribution < -0.4 is 4.90 Å². The van der Waals surface area contributed by atoms with E-state index < -0.39 is 0 Å². The van der Waals surface area contributed by atoms with Crippen molar-refractivity contribution in [2.24, 2.45) is 11.3 Å². The van der Waals surface area contributed by atoms with Crippen LogP contribution in [0.3, 0.4) is 0 Å². The summed E-state index contributed by atoms with van der Waals surface area (Å²) in [5.41, 5.74) is 2.74. The zero-order valence-corrected chi connectivity index (χ0v) is 13.2. The van der Waals surface area contributed by atoms with Crippen LogP contribution in [0, 0.1) is 18.3 Å². The van der Waals surface area contributed by atoms with Crippen LogP contribution in [-0.2, 0) is 0 Å². The fourth-order valence-corrected chi connectivity index (χ4v) is 2.97. The lowest BCUT2D eigenvalue weighted by Crippen LogP contribution is -2.52. The molecule has 0 radical (unpaired) electrons. The Hall–Kier alpha value is -0.210. The second-order valence-electron chi connectivity index (χ2n) is 6.02. The largest absolute Gasteiger partial charge is 0.370 e. The van der Waals surface area contributed by atoms with Crippen molar-refractivity contribution in [3.8, 4) is 0 Å². The molecule has 0 spiro atoms. The molecule has 1 aromatic carbocycles. The minimum atomic E-state index is 0.400. The molecule has 1 heterocycles. The van der Waals surface area contributed by atoms with E-state index in [1.54, 1.807) is 0 Å². The van der Waals surface area contributed by atoms with Gasteiger partial charge in [0.05, 0.1) is 5.69 Å². The van der Waals surface area contributed by atoms with Crippen molar-refractivity contribution in [2.75, 3.05) is 18.0 Å². The molecule has 0 aromatic heterocycles. The van der Waals surface area contributed by atoms with Gasteiger partial charge in [-0.1, -0.05) is 32.4 Å². The summed E-state index contributed by atoms with van der Waals surface area (Å²) in [7, 11) is 0. The van der Waals surface area contributed by atoms with E-state index in [4.69, 9.17) is 11.6 Å². The van der Waals surface area contributed by atoms with Crippen molar-refractivity contribution in [2.45, 2.75) is 27.7 Å². The first-order valence-corrected chi connectivity index (χ1v) is 7.16. The fraction of sp³-hybridized carbons (Fsp3) is 0.571. The summed E-state index contributed by atoms with van der Waals surface area (Å²) in [4.78, 5) is 2.39. The molecule has 1 saturated heterocycles. The van der Waals surface area contributed by atoms with Crippen molar-refractivity contribution in [3.05, 3.63) is 27.2 Å². The molecular weight excluding hydrogens is 298 g/mol. The standard InChI is InChI=1S/C14H19BrClN/c1-9-5-11(15)13(6-12(9)16)17-7-10(8-17)14(2,3)4/h5-6,10H,7-8H2,1-4H3. The molecule has 0 atom stereocenters. The first-order chi connectivity index (χ1) is 7.79. The Balaban J connectivity index is 2.14. The number of benzene rings is 1. The van der Waals surface area contributed by atoms with Gasteiger partial charge in [-0.05, 0) is 51.9 Å². The Labute approximate surface area is 117 Å². The Bertz CT molecular complexity index is 431. The Morgan fingerprint density at radius 2 is 1.88 bits per heavy atom. The Morgan fingerprint density at radius 1 is 1.29 bits per heavy atom. The normalized spacial score (nSPS) is 17.2. The first kappa shape index (κ1) is 13.2. The maximum atomic E-state index is 6.19. The second-order valence-corrected chi connectivity index (χ2v) is 7.28. The predicted octanol–water partition coefficient (Wildman–Crippen LogP) is 4.89. The number of nitrogens with zero attached hydrogens (tertiary/aromatic N) is 1. The summed E-state index contributed by atoms with van der Waals surface area (Å²) >= 11 is 9.82. The second kappa shape index (κ2) is 4.47. The van der Waals surface area contributed by atoms with Crippen LogP contribution in [0.2, 0.25) is 5.02 Å². The maximum Gasteiger partial charge on any atom is 0.0526 e. The van der Waals surface area contributed by atoms with Crippen molar-refractivity contribution in [1.29, 1.82) is 0 Å². The third-order valence-corrected chi connectivity index (χ3v) is 4.72. The van der Waals surface area contributed by atoms with Gasteiger partial charge in [-0.2, -0.15) is 0 Å². The summed E-state index contributed by atoms with van der Waals surface area (Å²) in [5, 5.41) is 0.849. The average Bonchev–Trinajstić information content (AvgIpc) is 2.08. The number of anilines is 1. The van der Waals surface area contributed by atoms with E-state index in [-0.39, 0.29) is 0 Å². The molecule has 0 aliphatic carbocycles. The zero-order valence-electron chi connectivity index (χ0n) is 10.8. The zero-order chi connectivity index (χ0) is 12.8. The molecule has 0 N–H and O–H groups in total. The van der Waals surface area contributed by atoms with E-state index >= 15 is 0 Å². The Kier molecular flexibility index (Phi) is 3.48. The molecule has 1 nitrogen and oxygen atoms in total. The molecule has 1 aliphatic rings. The van der Waals surface area contributed by atoms with Crippen LogP contribution in [-0.4, -0.2) is 13.1 Å². The highest BCUT2D eigenvalue weighted by Gasteiger charge is 2.36. The highest BCUT2D eigenvalue weighted by atomic mass is 79.9. The lowest BCUT2D eigenvalue weighted by molar-refractivity contribution is 0.195. The van der Waals surface area contributed by atoms with E-state index in [1.165, 1.54) is 5.69 Å². The van der Waals surface area contributed by atoms with Gasteiger partial charge >= 0.3 is 0 Å². The monoisotopic (exact) mass is 315 g/mol. The van der Waals surface area contributed by atoms with Gasteiger partial charge in [-0.15, -0.1) is 0 Å². The molecule has 1 fully saturated rings. The predicted molar refractivity (Wildman–Crippen MR) is 79.0 cm³/mol. The third-order valence-electron chi connectivity index (χ3n) is 3.68. The van der Waals surface area contributed by atoms with Gasteiger partial charge in [-0.25, -0.2) is 0 Å². The smallest absolute Gasteiger partial charge is 0.0526 e. The highest BCUT2D eigenvalue weighted by Crippen LogP contribution is 2.40. The van der Waals surface area contributed by atoms with E-state index in [0.29, 0.717) is 5.41 Å². The van der Waals surface area contributed by atoms with Crippen LogP contribution in [0.5, 0.6) is 0 Å². The lowest BCUT2D eigenvalue weighted by atomic mass is 9.76. The quantitative estimate of drug-likeness (QED) is 0.713. The molecule has 0 bridgehead atoms. The summed E-state index contributed by atoms with van der Waals surface area (Å²) in [6.45, 7) is 11.2. The first-order valence-electron chi connectivity index (χ1n) is 5.99. The van der Waals surface area contributed by atoms with Gasteiger partial charge in [-0.3, -0.25) is 0 Å². The van der Waals surface area contributed by atoms with Gasteiger partial charge in [0, 0.05) is 22.6 Å². The third kappa shape index (κ3) is 2.63. The highest BCUT2D eigenvalue weighted by molar-refractivity contribution is 9.10. The molecule has 3 heteroatoms. The number of rotatable bonds is 1. The van der Waals surface area contributed by atoms with Gasteiger partial charge < -0.3 is 4.90 Å². The number of hydrogen-bond acceptors (Lipinski definition) is 1.